The van der Waals surface area contributed by atoms with Crippen molar-refractivity contribution in [1.29, 1.82) is 0 Å². The molecular formula is C19H30BrN. The summed E-state index contributed by atoms with van der Waals surface area (Å²) in [5.74, 6) is 0. The zero-order valence-electron chi connectivity index (χ0n) is 13.5. The number of anilines is 1. The molecule has 0 aromatic heterocycles. The van der Waals surface area contributed by atoms with Crippen molar-refractivity contribution < 1.29 is 0 Å². The van der Waals surface area contributed by atoms with E-state index in [0.717, 1.165) is 0 Å². The van der Waals surface area contributed by atoms with Gasteiger partial charge in [-0.25, -0.2) is 0 Å². The first-order chi connectivity index (χ1) is 10.3. The van der Waals surface area contributed by atoms with Crippen LogP contribution >= 0.6 is 15.9 Å². The number of hydrogen-bond acceptors (Lipinski definition) is 1. The Hall–Kier alpha value is -0.500. The van der Waals surface area contributed by atoms with Crippen molar-refractivity contribution in [3.63, 3.8) is 0 Å². The molecule has 1 saturated carbocycles. The summed E-state index contributed by atoms with van der Waals surface area (Å²) in [6.07, 6.45) is 15.5. The van der Waals surface area contributed by atoms with Crippen LogP contribution in [0.1, 0.15) is 76.2 Å². The lowest BCUT2D eigenvalue weighted by molar-refractivity contribution is 0.480. The minimum atomic E-state index is 0.652. The third-order valence-electron chi connectivity index (χ3n) is 4.65. The molecule has 0 bridgehead atoms. The molecule has 1 aliphatic carbocycles. The molecule has 1 nitrogen and oxygen atoms in total. The zero-order chi connectivity index (χ0) is 14.9. The largest absolute Gasteiger partial charge is 0.382 e. The average molecular weight is 352 g/mol. The molecular weight excluding hydrogens is 322 g/mol. The fourth-order valence-electron chi connectivity index (χ4n) is 3.23. The summed E-state index contributed by atoms with van der Waals surface area (Å²) < 4.78 is 1.21. The van der Waals surface area contributed by atoms with Crippen LogP contribution in [0, 0.1) is 6.92 Å². The Morgan fingerprint density at radius 3 is 1.90 bits per heavy atom. The normalized spacial score (nSPS) is 19.5. The first kappa shape index (κ1) is 16.9. The first-order valence-electron chi connectivity index (χ1n) is 8.78. The summed E-state index contributed by atoms with van der Waals surface area (Å²) >= 11 is 3.64. The molecule has 2 rings (SSSR count). The highest BCUT2D eigenvalue weighted by atomic mass is 79.9. The highest BCUT2D eigenvalue weighted by Crippen LogP contribution is 2.24. The van der Waals surface area contributed by atoms with E-state index in [2.05, 4.69) is 46.4 Å². The molecule has 0 heterocycles. The van der Waals surface area contributed by atoms with Crippen LogP contribution < -0.4 is 5.32 Å². The second-order valence-corrected chi connectivity index (χ2v) is 7.42. The van der Waals surface area contributed by atoms with E-state index in [1.165, 1.54) is 86.4 Å². The van der Waals surface area contributed by atoms with Gasteiger partial charge in [-0.1, -0.05) is 79.8 Å². The van der Waals surface area contributed by atoms with Crippen LogP contribution in [0.4, 0.5) is 5.69 Å². The molecule has 1 aliphatic rings. The monoisotopic (exact) mass is 351 g/mol. The Bertz CT molecular complexity index is 404. The summed E-state index contributed by atoms with van der Waals surface area (Å²) in [5, 5.41) is 3.77. The summed E-state index contributed by atoms with van der Waals surface area (Å²) in [6, 6.07) is 7.29. The van der Waals surface area contributed by atoms with Crippen LogP contribution in [0.3, 0.4) is 0 Å². The molecule has 0 radical (unpaired) electrons. The SMILES string of the molecule is Cc1ccc(NC2CCCCCCCCCCC2)cc1Br. The predicted molar refractivity (Wildman–Crippen MR) is 97.1 cm³/mol. The molecule has 0 amide bonds. The quantitative estimate of drug-likeness (QED) is 0.614. The van der Waals surface area contributed by atoms with E-state index < -0.39 is 0 Å². The maximum Gasteiger partial charge on any atom is 0.0353 e. The molecule has 0 atom stereocenters. The van der Waals surface area contributed by atoms with E-state index in [4.69, 9.17) is 0 Å². The standard InChI is InChI=1S/C19H30BrN/c1-16-13-14-18(15-19(16)20)21-17-11-9-7-5-3-2-4-6-8-10-12-17/h13-15,17,21H,2-12H2,1H3. The van der Waals surface area contributed by atoms with Gasteiger partial charge in [-0.05, 0) is 37.5 Å². The van der Waals surface area contributed by atoms with Crippen molar-refractivity contribution in [1.82, 2.24) is 0 Å². The van der Waals surface area contributed by atoms with Gasteiger partial charge >= 0.3 is 0 Å². The topological polar surface area (TPSA) is 12.0 Å². The smallest absolute Gasteiger partial charge is 0.0353 e. The summed E-state index contributed by atoms with van der Waals surface area (Å²) in [6.45, 7) is 2.14. The van der Waals surface area contributed by atoms with E-state index in [9.17, 15) is 0 Å². The van der Waals surface area contributed by atoms with Crippen molar-refractivity contribution in [2.24, 2.45) is 0 Å². The lowest BCUT2D eigenvalue weighted by Crippen LogP contribution is -2.19. The number of benzene rings is 1. The van der Waals surface area contributed by atoms with Crippen LogP contribution in [0.15, 0.2) is 22.7 Å². The third-order valence-corrected chi connectivity index (χ3v) is 5.50. The van der Waals surface area contributed by atoms with Gasteiger partial charge in [0.2, 0.25) is 0 Å². The van der Waals surface area contributed by atoms with E-state index in [0.29, 0.717) is 6.04 Å². The molecule has 1 aromatic carbocycles. The Morgan fingerprint density at radius 2 is 1.38 bits per heavy atom. The van der Waals surface area contributed by atoms with Crippen LogP contribution in [0.5, 0.6) is 0 Å². The first-order valence-corrected chi connectivity index (χ1v) is 9.58. The lowest BCUT2D eigenvalue weighted by atomic mass is 9.97. The van der Waals surface area contributed by atoms with Gasteiger partial charge in [-0.2, -0.15) is 0 Å². The summed E-state index contributed by atoms with van der Waals surface area (Å²) in [4.78, 5) is 0. The average Bonchev–Trinajstić information content (AvgIpc) is 2.46. The van der Waals surface area contributed by atoms with E-state index in [1.807, 2.05) is 0 Å². The van der Waals surface area contributed by atoms with Gasteiger partial charge in [-0.15, -0.1) is 0 Å². The number of rotatable bonds is 2. The Labute approximate surface area is 139 Å². The molecule has 0 aliphatic heterocycles. The van der Waals surface area contributed by atoms with E-state index >= 15 is 0 Å². The molecule has 21 heavy (non-hydrogen) atoms. The molecule has 0 unspecified atom stereocenters. The number of halogens is 1. The van der Waals surface area contributed by atoms with Crippen molar-refractivity contribution in [3.05, 3.63) is 28.2 Å². The highest BCUT2D eigenvalue weighted by Gasteiger charge is 2.10. The van der Waals surface area contributed by atoms with E-state index in [-0.39, 0.29) is 0 Å². The molecule has 1 N–H and O–H groups in total. The molecule has 0 saturated heterocycles. The minimum Gasteiger partial charge on any atom is -0.382 e. The van der Waals surface area contributed by atoms with Gasteiger partial charge in [0.1, 0.15) is 0 Å². The number of aryl methyl sites for hydroxylation is 1. The Kier molecular flexibility index (Phi) is 7.63. The van der Waals surface area contributed by atoms with Gasteiger partial charge in [-0.3, -0.25) is 0 Å². The molecule has 2 heteroatoms. The third kappa shape index (κ3) is 6.42. The van der Waals surface area contributed by atoms with Crippen molar-refractivity contribution in [3.8, 4) is 0 Å². The van der Waals surface area contributed by atoms with Crippen LogP contribution in [-0.4, -0.2) is 6.04 Å². The van der Waals surface area contributed by atoms with Crippen LogP contribution in [0.25, 0.3) is 0 Å². The zero-order valence-corrected chi connectivity index (χ0v) is 15.1. The Balaban J connectivity index is 1.88. The molecule has 0 spiro atoms. The van der Waals surface area contributed by atoms with Gasteiger partial charge in [0.15, 0.2) is 0 Å². The second-order valence-electron chi connectivity index (χ2n) is 6.56. The van der Waals surface area contributed by atoms with Gasteiger partial charge in [0.25, 0.3) is 0 Å². The van der Waals surface area contributed by atoms with Gasteiger partial charge in [0, 0.05) is 16.2 Å². The summed E-state index contributed by atoms with van der Waals surface area (Å²) in [7, 11) is 0. The number of nitrogens with one attached hydrogen (secondary N) is 1. The fourth-order valence-corrected chi connectivity index (χ4v) is 3.60. The minimum absolute atomic E-state index is 0.652. The predicted octanol–water partition coefficient (Wildman–Crippen LogP) is 6.84. The maximum absolute atomic E-state index is 3.77. The molecule has 1 fully saturated rings. The van der Waals surface area contributed by atoms with Gasteiger partial charge < -0.3 is 5.32 Å². The van der Waals surface area contributed by atoms with Crippen molar-refractivity contribution >= 4 is 21.6 Å². The Morgan fingerprint density at radius 1 is 0.857 bits per heavy atom. The summed E-state index contributed by atoms with van der Waals surface area (Å²) in [5.41, 5.74) is 2.57. The lowest BCUT2D eigenvalue weighted by Gasteiger charge is -2.21. The number of hydrogen-bond donors (Lipinski definition) is 1. The second kappa shape index (κ2) is 9.50. The van der Waals surface area contributed by atoms with Gasteiger partial charge in [0.05, 0.1) is 0 Å². The highest BCUT2D eigenvalue weighted by molar-refractivity contribution is 9.10. The van der Waals surface area contributed by atoms with Crippen LogP contribution in [-0.2, 0) is 0 Å². The molecule has 118 valence electrons. The van der Waals surface area contributed by atoms with Crippen LogP contribution in [0.2, 0.25) is 0 Å². The molecule has 1 aromatic rings. The fraction of sp³-hybridized carbons (Fsp3) is 0.684. The van der Waals surface area contributed by atoms with Crippen molar-refractivity contribution in [2.45, 2.75) is 83.6 Å². The van der Waals surface area contributed by atoms with Crippen molar-refractivity contribution in [2.75, 3.05) is 5.32 Å². The van der Waals surface area contributed by atoms with E-state index in [1.54, 1.807) is 0 Å². The maximum atomic E-state index is 3.77.